The van der Waals surface area contributed by atoms with Crippen LogP contribution >= 0.6 is 0 Å². The maximum atomic E-state index is 11.5. The van der Waals surface area contributed by atoms with Gasteiger partial charge in [0.25, 0.3) is 0 Å². The van der Waals surface area contributed by atoms with Crippen molar-refractivity contribution in [2.24, 2.45) is 0 Å². The summed E-state index contributed by atoms with van der Waals surface area (Å²) in [6, 6.07) is 3.44. The summed E-state index contributed by atoms with van der Waals surface area (Å²) < 4.78 is 5.11. The third kappa shape index (κ3) is 1.37. The Bertz CT molecular complexity index is 645. The number of aromatic amines is 1. The molecule has 18 heavy (non-hydrogen) atoms. The molecular formula is C13H14N2O3. The number of phenols is 1. The predicted octanol–water partition coefficient (Wildman–Crippen LogP) is 1.79. The number of phenolic OH excluding ortho intramolecular Hbond substituents is 1. The lowest BCUT2D eigenvalue weighted by molar-refractivity contribution is -0.116. The highest BCUT2D eigenvalue weighted by molar-refractivity contribution is 6.00. The minimum absolute atomic E-state index is 0.0245. The number of benzene rings is 1. The average Bonchev–Trinajstić information content (AvgIpc) is 2.85. The fourth-order valence-electron chi connectivity index (χ4n) is 2.55. The maximum absolute atomic E-state index is 11.5. The molecule has 0 saturated carbocycles. The summed E-state index contributed by atoms with van der Waals surface area (Å²) >= 11 is 0. The zero-order valence-electron chi connectivity index (χ0n) is 10.3. The topological polar surface area (TPSA) is 65.6 Å². The number of carbonyl (C=O) groups excluding carboxylic acids is 1. The second-order valence-corrected chi connectivity index (χ2v) is 4.44. The van der Waals surface area contributed by atoms with Crippen molar-refractivity contribution in [3.8, 4) is 11.5 Å². The predicted molar refractivity (Wildman–Crippen MR) is 68.2 cm³/mol. The molecule has 94 valence electrons. The van der Waals surface area contributed by atoms with E-state index in [0.29, 0.717) is 12.3 Å². The number of fused-ring (bicyclic) bond motifs is 3. The quantitative estimate of drug-likeness (QED) is 0.806. The molecule has 0 fully saturated rings. The third-order valence-electron chi connectivity index (χ3n) is 3.42. The monoisotopic (exact) mass is 246 g/mol. The van der Waals surface area contributed by atoms with Crippen LogP contribution in [0.5, 0.6) is 11.5 Å². The minimum atomic E-state index is 0.0245. The Morgan fingerprint density at radius 1 is 1.50 bits per heavy atom. The van der Waals surface area contributed by atoms with Gasteiger partial charge >= 0.3 is 0 Å². The molecule has 0 radical (unpaired) electrons. The maximum Gasteiger partial charge on any atom is 0.224 e. The largest absolute Gasteiger partial charge is 0.504 e. The lowest BCUT2D eigenvalue weighted by Gasteiger charge is -2.12. The Hall–Kier alpha value is -2.17. The number of nitrogens with zero attached hydrogens (tertiary/aromatic N) is 1. The first-order valence-electron chi connectivity index (χ1n) is 5.81. The number of aromatic nitrogens is 1. The van der Waals surface area contributed by atoms with Crippen molar-refractivity contribution in [2.45, 2.75) is 13.3 Å². The van der Waals surface area contributed by atoms with Crippen molar-refractivity contribution >= 4 is 22.6 Å². The standard InChI is InChI=1S/C13H14N2O3/c1-7(16)15-4-3-8-9-5-12(18-2)11(17)6-10(9)14-13(8)15/h5-6,14,17H,3-4H2,1-2H3. The molecular weight excluding hydrogens is 232 g/mol. The number of aromatic hydroxyl groups is 1. The molecule has 5 heteroatoms. The molecule has 1 aliphatic heterocycles. The van der Waals surface area contributed by atoms with Crippen LogP contribution in [0.2, 0.25) is 0 Å². The molecule has 2 heterocycles. The Balaban J connectivity index is 2.23. The smallest absolute Gasteiger partial charge is 0.224 e. The van der Waals surface area contributed by atoms with Crippen LogP contribution in [-0.4, -0.2) is 29.7 Å². The van der Waals surface area contributed by atoms with Crippen LogP contribution in [0.4, 0.5) is 5.82 Å². The van der Waals surface area contributed by atoms with Crippen LogP contribution in [0, 0.1) is 0 Å². The number of anilines is 1. The van der Waals surface area contributed by atoms with Gasteiger partial charge in [0.2, 0.25) is 5.91 Å². The summed E-state index contributed by atoms with van der Waals surface area (Å²) in [5, 5.41) is 10.8. The molecule has 2 aromatic rings. The number of carbonyl (C=O) groups is 1. The number of rotatable bonds is 1. The van der Waals surface area contributed by atoms with Crippen LogP contribution in [0.3, 0.4) is 0 Å². The number of nitrogens with one attached hydrogen (secondary N) is 1. The van der Waals surface area contributed by atoms with Gasteiger partial charge in [-0.1, -0.05) is 0 Å². The molecule has 3 rings (SSSR count). The number of H-pyrrole nitrogens is 1. The number of amides is 1. The molecule has 1 amide bonds. The lowest BCUT2D eigenvalue weighted by atomic mass is 10.1. The van der Waals surface area contributed by atoms with Crippen LogP contribution < -0.4 is 9.64 Å². The van der Waals surface area contributed by atoms with E-state index in [1.807, 2.05) is 6.07 Å². The second-order valence-electron chi connectivity index (χ2n) is 4.44. The Morgan fingerprint density at radius 2 is 2.28 bits per heavy atom. The summed E-state index contributed by atoms with van der Waals surface area (Å²) in [6.07, 6.45) is 0.822. The van der Waals surface area contributed by atoms with Crippen LogP contribution in [-0.2, 0) is 11.2 Å². The highest BCUT2D eigenvalue weighted by Crippen LogP contribution is 2.39. The molecule has 2 N–H and O–H groups in total. The van der Waals surface area contributed by atoms with Gasteiger partial charge in [-0.25, -0.2) is 0 Å². The lowest BCUT2D eigenvalue weighted by Crippen LogP contribution is -2.26. The Labute approximate surface area is 104 Å². The van der Waals surface area contributed by atoms with Gasteiger partial charge in [0, 0.05) is 30.5 Å². The van der Waals surface area contributed by atoms with Crippen molar-refractivity contribution in [3.63, 3.8) is 0 Å². The van der Waals surface area contributed by atoms with Crippen molar-refractivity contribution in [1.29, 1.82) is 0 Å². The third-order valence-corrected chi connectivity index (χ3v) is 3.42. The van der Waals surface area contributed by atoms with Gasteiger partial charge in [-0.2, -0.15) is 0 Å². The highest BCUT2D eigenvalue weighted by atomic mass is 16.5. The molecule has 1 aromatic carbocycles. The molecule has 0 aliphatic carbocycles. The van der Waals surface area contributed by atoms with Crippen molar-refractivity contribution in [1.82, 2.24) is 4.98 Å². The van der Waals surface area contributed by atoms with E-state index in [1.54, 1.807) is 17.9 Å². The molecule has 1 aliphatic rings. The van der Waals surface area contributed by atoms with Gasteiger partial charge in [-0.3, -0.25) is 9.69 Å². The van der Waals surface area contributed by atoms with E-state index >= 15 is 0 Å². The van der Waals surface area contributed by atoms with Gasteiger partial charge in [-0.15, -0.1) is 0 Å². The fraction of sp³-hybridized carbons (Fsp3) is 0.308. The molecule has 1 aromatic heterocycles. The first-order chi connectivity index (χ1) is 8.61. The van der Waals surface area contributed by atoms with Gasteiger partial charge in [0.15, 0.2) is 11.5 Å². The van der Waals surface area contributed by atoms with Crippen LogP contribution in [0.1, 0.15) is 12.5 Å². The van der Waals surface area contributed by atoms with Gasteiger partial charge in [-0.05, 0) is 12.5 Å². The summed E-state index contributed by atoms with van der Waals surface area (Å²) in [5.41, 5.74) is 1.93. The van der Waals surface area contributed by atoms with E-state index in [-0.39, 0.29) is 11.7 Å². The summed E-state index contributed by atoms with van der Waals surface area (Å²) in [7, 11) is 1.52. The summed E-state index contributed by atoms with van der Waals surface area (Å²) in [4.78, 5) is 16.4. The van der Waals surface area contributed by atoms with E-state index in [2.05, 4.69) is 4.98 Å². The van der Waals surface area contributed by atoms with Crippen LogP contribution in [0.25, 0.3) is 10.9 Å². The molecule has 0 unspecified atom stereocenters. The zero-order valence-corrected chi connectivity index (χ0v) is 10.3. The van der Waals surface area contributed by atoms with Crippen molar-refractivity contribution in [2.75, 3.05) is 18.6 Å². The summed E-state index contributed by atoms with van der Waals surface area (Å²) in [6.45, 7) is 2.26. The van der Waals surface area contributed by atoms with Crippen molar-refractivity contribution < 1.29 is 14.6 Å². The minimum Gasteiger partial charge on any atom is -0.504 e. The van der Waals surface area contributed by atoms with Gasteiger partial charge in [0.05, 0.1) is 12.6 Å². The first kappa shape index (κ1) is 11.0. The number of hydrogen-bond donors (Lipinski definition) is 2. The fourth-order valence-corrected chi connectivity index (χ4v) is 2.55. The first-order valence-corrected chi connectivity index (χ1v) is 5.81. The van der Waals surface area contributed by atoms with Gasteiger partial charge in [0.1, 0.15) is 5.82 Å². The van der Waals surface area contributed by atoms with Crippen molar-refractivity contribution in [3.05, 3.63) is 17.7 Å². The van der Waals surface area contributed by atoms with Gasteiger partial charge < -0.3 is 14.8 Å². The molecule has 0 atom stereocenters. The summed E-state index contributed by atoms with van der Waals surface area (Å²) in [5.74, 6) is 1.41. The van der Waals surface area contributed by atoms with E-state index in [4.69, 9.17) is 4.74 Å². The molecule has 0 bridgehead atoms. The van der Waals surface area contributed by atoms with E-state index in [0.717, 1.165) is 28.7 Å². The van der Waals surface area contributed by atoms with E-state index < -0.39 is 0 Å². The number of hydrogen-bond acceptors (Lipinski definition) is 3. The molecule has 5 nitrogen and oxygen atoms in total. The normalized spacial score (nSPS) is 14.0. The number of ether oxygens (including phenoxy) is 1. The van der Waals surface area contributed by atoms with Crippen LogP contribution in [0.15, 0.2) is 12.1 Å². The average molecular weight is 246 g/mol. The highest BCUT2D eigenvalue weighted by Gasteiger charge is 2.26. The Morgan fingerprint density at radius 3 is 2.94 bits per heavy atom. The van der Waals surface area contributed by atoms with E-state index in [9.17, 15) is 9.90 Å². The molecule has 0 saturated heterocycles. The zero-order chi connectivity index (χ0) is 12.9. The van der Waals surface area contributed by atoms with E-state index in [1.165, 1.54) is 7.11 Å². The SMILES string of the molecule is COc1cc2c3c([nH]c2cc1O)N(C(C)=O)CC3. The molecule has 0 spiro atoms. The second kappa shape index (κ2) is 3.66. The Kier molecular flexibility index (Phi) is 2.23. The number of methoxy groups -OCH3 is 1.